The predicted octanol–water partition coefficient (Wildman–Crippen LogP) is 2.58. The number of benzene rings is 1. The fourth-order valence-corrected chi connectivity index (χ4v) is 3.70. The molecule has 114 valence electrons. The maximum atomic E-state index is 5.89. The van der Waals surface area contributed by atoms with Crippen LogP contribution in [0.5, 0.6) is 0 Å². The van der Waals surface area contributed by atoms with Crippen molar-refractivity contribution in [3.63, 3.8) is 0 Å². The second-order valence-electron chi connectivity index (χ2n) is 6.05. The Labute approximate surface area is 129 Å². The van der Waals surface area contributed by atoms with E-state index in [0.717, 1.165) is 18.2 Å². The van der Waals surface area contributed by atoms with E-state index in [1.807, 2.05) is 30.3 Å². The highest BCUT2D eigenvalue weighted by Gasteiger charge is 2.38. The molecule has 4 rings (SSSR count). The highest BCUT2D eigenvalue weighted by Crippen LogP contribution is 2.39. The number of aromatic nitrogens is 3. The van der Waals surface area contributed by atoms with Crippen molar-refractivity contribution in [2.45, 2.75) is 31.7 Å². The monoisotopic (exact) mass is 296 g/mol. The van der Waals surface area contributed by atoms with Gasteiger partial charge in [0.2, 0.25) is 17.8 Å². The Balaban J connectivity index is 1.61. The Morgan fingerprint density at radius 3 is 2.77 bits per heavy atom. The minimum absolute atomic E-state index is 0.268. The van der Waals surface area contributed by atoms with Gasteiger partial charge in [0, 0.05) is 18.3 Å². The largest absolute Gasteiger partial charge is 0.368 e. The molecule has 6 nitrogen and oxygen atoms in total. The molecule has 22 heavy (non-hydrogen) atoms. The molecule has 1 saturated heterocycles. The molecule has 0 amide bonds. The summed E-state index contributed by atoms with van der Waals surface area (Å²) in [6.07, 6.45) is 5.10. The summed E-state index contributed by atoms with van der Waals surface area (Å²) in [4.78, 5) is 15.5. The highest BCUT2D eigenvalue weighted by molar-refractivity contribution is 5.55. The molecule has 0 spiro atoms. The first-order valence-electron chi connectivity index (χ1n) is 7.90. The topological polar surface area (TPSA) is 80.0 Å². The molecule has 2 heterocycles. The molecule has 1 aliphatic carbocycles. The van der Waals surface area contributed by atoms with Gasteiger partial charge in [0.05, 0.1) is 0 Å². The van der Waals surface area contributed by atoms with Crippen molar-refractivity contribution in [2.75, 3.05) is 22.5 Å². The van der Waals surface area contributed by atoms with E-state index in [1.54, 1.807) is 0 Å². The second-order valence-corrected chi connectivity index (χ2v) is 6.05. The SMILES string of the molecule is Nc1nc(Nc2ccccc2)nc(N2CCC3CCCC32)n1. The summed E-state index contributed by atoms with van der Waals surface area (Å²) in [6.45, 7) is 1.02. The van der Waals surface area contributed by atoms with Crippen molar-refractivity contribution in [2.24, 2.45) is 5.92 Å². The molecule has 2 unspecified atom stereocenters. The third kappa shape index (κ3) is 2.45. The molecule has 2 fully saturated rings. The molecule has 6 heteroatoms. The number of anilines is 4. The van der Waals surface area contributed by atoms with Crippen molar-refractivity contribution in [3.8, 4) is 0 Å². The summed E-state index contributed by atoms with van der Waals surface area (Å²) in [5, 5.41) is 3.20. The summed E-state index contributed by atoms with van der Waals surface area (Å²) in [5.74, 6) is 2.28. The summed E-state index contributed by atoms with van der Waals surface area (Å²) in [5.41, 5.74) is 6.83. The van der Waals surface area contributed by atoms with Gasteiger partial charge in [-0.3, -0.25) is 0 Å². The van der Waals surface area contributed by atoms with E-state index in [2.05, 4.69) is 25.2 Å². The van der Waals surface area contributed by atoms with Crippen molar-refractivity contribution >= 4 is 23.5 Å². The van der Waals surface area contributed by atoms with Crippen LogP contribution in [-0.2, 0) is 0 Å². The molecule has 2 atom stereocenters. The predicted molar refractivity (Wildman–Crippen MR) is 87.1 cm³/mol. The van der Waals surface area contributed by atoms with E-state index < -0.39 is 0 Å². The zero-order valence-electron chi connectivity index (χ0n) is 12.4. The molecule has 3 N–H and O–H groups in total. The van der Waals surface area contributed by atoms with Crippen LogP contribution in [-0.4, -0.2) is 27.5 Å². The quantitative estimate of drug-likeness (QED) is 0.906. The smallest absolute Gasteiger partial charge is 0.233 e. The minimum Gasteiger partial charge on any atom is -0.368 e. The van der Waals surface area contributed by atoms with Gasteiger partial charge in [0.25, 0.3) is 0 Å². The number of nitrogens with zero attached hydrogens (tertiary/aromatic N) is 4. The van der Waals surface area contributed by atoms with E-state index in [0.29, 0.717) is 17.9 Å². The average molecular weight is 296 g/mol. The van der Waals surface area contributed by atoms with Crippen LogP contribution in [0.2, 0.25) is 0 Å². The molecule has 0 bridgehead atoms. The van der Waals surface area contributed by atoms with E-state index >= 15 is 0 Å². The lowest BCUT2D eigenvalue weighted by Crippen LogP contribution is -2.31. The Kier molecular flexibility index (Phi) is 3.29. The molecule has 0 radical (unpaired) electrons. The molecular weight excluding hydrogens is 276 g/mol. The lowest BCUT2D eigenvalue weighted by Gasteiger charge is -2.24. The lowest BCUT2D eigenvalue weighted by atomic mass is 10.1. The van der Waals surface area contributed by atoms with Crippen molar-refractivity contribution in [1.29, 1.82) is 0 Å². The average Bonchev–Trinajstić information content (AvgIpc) is 3.10. The van der Waals surface area contributed by atoms with Gasteiger partial charge in [-0.05, 0) is 37.3 Å². The molecule has 2 aromatic rings. The van der Waals surface area contributed by atoms with Crippen LogP contribution >= 0.6 is 0 Å². The van der Waals surface area contributed by atoms with E-state index in [4.69, 9.17) is 5.73 Å². The van der Waals surface area contributed by atoms with E-state index in [9.17, 15) is 0 Å². The number of nitrogens with two attached hydrogens (primary N) is 1. The number of nitrogen functional groups attached to an aromatic ring is 1. The van der Waals surface area contributed by atoms with Crippen LogP contribution in [0.4, 0.5) is 23.5 Å². The third-order valence-electron chi connectivity index (χ3n) is 4.69. The summed E-state index contributed by atoms with van der Waals surface area (Å²) in [7, 11) is 0. The standard InChI is InChI=1S/C16H20N6/c17-14-19-15(18-12-6-2-1-3-7-12)21-16(20-14)22-10-9-11-5-4-8-13(11)22/h1-3,6-7,11,13H,4-5,8-10H2,(H3,17,18,19,20,21). The normalized spacial score (nSPS) is 23.5. The van der Waals surface area contributed by atoms with Crippen LogP contribution in [0.3, 0.4) is 0 Å². The van der Waals surface area contributed by atoms with Crippen molar-refractivity contribution < 1.29 is 0 Å². The maximum absolute atomic E-state index is 5.89. The van der Waals surface area contributed by atoms with Gasteiger partial charge in [-0.2, -0.15) is 15.0 Å². The Hall–Kier alpha value is -2.37. The summed E-state index contributed by atoms with van der Waals surface area (Å²) >= 11 is 0. The molecule has 1 aromatic carbocycles. The lowest BCUT2D eigenvalue weighted by molar-refractivity contribution is 0.539. The minimum atomic E-state index is 0.268. The Morgan fingerprint density at radius 1 is 1.05 bits per heavy atom. The Morgan fingerprint density at radius 2 is 1.91 bits per heavy atom. The summed E-state index contributed by atoms with van der Waals surface area (Å²) < 4.78 is 0. The highest BCUT2D eigenvalue weighted by atomic mass is 15.3. The first-order valence-corrected chi connectivity index (χ1v) is 7.90. The number of para-hydroxylation sites is 1. The van der Waals surface area contributed by atoms with Crippen LogP contribution in [0, 0.1) is 5.92 Å². The van der Waals surface area contributed by atoms with Crippen LogP contribution in [0.1, 0.15) is 25.7 Å². The first-order chi connectivity index (χ1) is 10.8. The molecule has 1 aliphatic heterocycles. The van der Waals surface area contributed by atoms with Crippen LogP contribution in [0.25, 0.3) is 0 Å². The number of rotatable bonds is 3. The summed E-state index contributed by atoms with van der Waals surface area (Å²) in [6, 6.07) is 10.4. The van der Waals surface area contributed by atoms with Gasteiger partial charge in [-0.25, -0.2) is 0 Å². The van der Waals surface area contributed by atoms with E-state index in [1.165, 1.54) is 25.7 Å². The van der Waals surface area contributed by atoms with Gasteiger partial charge >= 0.3 is 0 Å². The molecular formula is C16H20N6. The zero-order valence-corrected chi connectivity index (χ0v) is 12.4. The first kappa shape index (κ1) is 13.3. The fraction of sp³-hybridized carbons (Fsp3) is 0.438. The van der Waals surface area contributed by atoms with Gasteiger partial charge in [0.15, 0.2) is 0 Å². The third-order valence-corrected chi connectivity index (χ3v) is 4.69. The number of hydrogen-bond acceptors (Lipinski definition) is 6. The Bertz CT molecular complexity index is 659. The number of hydrogen-bond donors (Lipinski definition) is 2. The van der Waals surface area contributed by atoms with Gasteiger partial charge in [0.1, 0.15) is 0 Å². The number of nitrogens with one attached hydrogen (secondary N) is 1. The molecule has 1 aromatic heterocycles. The van der Waals surface area contributed by atoms with Crippen molar-refractivity contribution in [3.05, 3.63) is 30.3 Å². The number of fused-ring (bicyclic) bond motifs is 1. The maximum Gasteiger partial charge on any atom is 0.233 e. The van der Waals surface area contributed by atoms with Gasteiger partial charge in [-0.1, -0.05) is 24.6 Å². The molecule has 1 saturated carbocycles. The second kappa shape index (κ2) is 5.44. The van der Waals surface area contributed by atoms with Gasteiger partial charge in [-0.15, -0.1) is 0 Å². The van der Waals surface area contributed by atoms with Gasteiger partial charge < -0.3 is 16.0 Å². The van der Waals surface area contributed by atoms with Crippen molar-refractivity contribution in [1.82, 2.24) is 15.0 Å². The van der Waals surface area contributed by atoms with Crippen LogP contribution in [0.15, 0.2) is 30.3 Å². The van der Waals surface area contributed by atoms with Crippen LogP contribution < -0.4 is 16.0 Å². The molecule has 2 aliphatic rings. The van der Waals surface area contributed by atoms with E-state index in [-0.39, 0.29) is 5.95 Å². The zero-order chi connectivity index (χ0) is 14.9. The fourth-order valence-electron chi connectivity index (χ4n) is 3.70.